The van der Waals surface area contributed by atoms with Crippen molar-refractivity contribution in [2.45, 2.75) is 62.2 Å². The minimum absolute atomic E-state index is 0.245. The molecule has 33 heavy (non-hydrogen) atoms. The number of aryl methyl sites for hydroxylation is 1. The van der Waals surface area contributed by atoms with Gasteiger partial charge in [0, 0.05) is 28.5 Å². The molecule has 2 aliphatic rings. The fraction of sp³-hybridized carbons (Fsp3) is 0.522. The van der Waals surface area contributed by atoms with Crippen molar-refractivity contribution in [3.63, 3.8) is 0 Å². The molecule has 0 saturated carbocycles. The monoisotopic (exact) mass is 532 g/mol. The third kappa shape index (κ3) is 4.79. The Labute approximate surface area is 206 Å². The maximum Gasteiger partial charge on any atom is 0.231 e. The van der Waals surface area contributed by atoms with Crippen LogP contribution in [0.3, 0.4) is 0 Å². The van der Waals surface area contributed by atoms with Crippen LogP contribution >= 0.6 is 27.7 Å². The van der Waals surface area contributed by atoms with Crippen molar-refractivity contribution in [1.29, 1.82) is 0 Å². The van der Waals surface area contributed by atoms with Crippen LogP contribution in [0, 0.1) is 5.92 Å². The van der Waals surface area contributed by atoms with Crippen LogP contribution in [0.5, 0.6) is 11.5 Å². The second kappa shape index (κ2) is 9.68. The number of anilines is 1. The quantitative estimate of drug-likeness (QED) is 0.456. The van der Waals surface area contributed by atoms with Gasteiger partial charge < -0.3 is 24.7 Å². The summed E-state index contributed by atoms with van der Waals surface area (Å²) in [5, 5.41) is 0.850. The van der Waals surface area contributed by atoms with Crippen molar-refractivity contribution in [3.8, 4) is 11.5 Å². The molecule has 8 nitrogen and oxygen atoms in total. The Hall–Kier alpha value is -2.04. The lowest BCUT2D eigenvalue weighted by molar-refractivity contribution is 0.121. The molecule has 1 aromatic carbocycles. The van der Waals surface area contributed by atoms with Crippen LogP contribution in [-0.4, -0.2) is 50.3 Å². The third-order valence-electron chi connectivity index (χ3n) is 6.19. The van der Waals surface area contributed by atoms with Crippen LogP contribution in [0.2, 0.25) is 0 Å². The van der Waals surface area contributed by atoms with E-state index in [9.17, 15) is 0 Å². The molecule has 2 aromatic heterocycles. The van der Waals surface area contributed by atoms with E-state index in [1.165, 1.54) is 32.1 Å². The van der Waals surface area contributed by atoms with Crippen molar-refractivity contribution < 1.29 is 9.47 Å². The molecule has 176 valence electrons. The summed E-state index contributed by atoms with van der Waals surface area (Å²) in [5.74, 6) is 2.57. The third-order valence-corrected chi connectivity index (χ3v) is 8.16. The SMILES string of the molecule is CC(C)CN1CCCCC1CCn1c(Sc2cc3c(cc2Br)OCO3)nc2c(N)ncnc21. The molecule has 3 aromatic rings. The van der Waals surface area contributed by atoms with Gasteiger partial charge in [-0.05, 0) is 59.8 Å². The van der Waals surface area contributed by atoms with Gasteiger partial charge in [-0.15, -0.1) is 0 Å². The molecule has 0 spiro atoms. The summed E-state index contributed by atoms with van der Waals surface area (Å²) in [7, 11) is 0. The number of ether oxygens (including phenoxy) is 2. The number of hydrogen-bond donors (Lipinski definition) is 1. The fourth-order valence-electron chi connectivity index (χ4n) is 4.66. The largest absolute Gasteiger partial charge is 0.454 e. The van der Waals surface area contributed by atoms with Gasteiger partial charge in [0.25, 0.3) is 0 Å². The number of benzene rings is 1. The van der Waals surface area contributed by atoms with Crippen LogP contribution in [0.25, 0.3) is 11.2 Å². The van der Waals surface area contributed by atoms with E-state index in [4.69, 9.17) is 20.2 Å². The van der Waals surface area contributed by atoms with Gasteiger partial charge in [0.15, 0.2) is 33.6 Å². The molecule has 0 bridgehead atoms. The number of rotatable bonds is 7. The van der Waals surface area contributed by atoms with Crippen LogP contribution < -0.4 is 15.2 Å². The van der Waals surface area contributed by atoms with Crippen LogP contribution in [0.15, 0.2) is 33.0 Å². The highest BCUT2D eigenvalue weighted by Crippen LogP contribution is 2.43. The number of nitrogens with zero attached hydrogens (tertiary/aromatic N) is 5. The van der Waals surface area contributed by atoms with Crippen molar-refractivity contribution in [2.24, 2.45) is 5.92 Å². The molecular weight excluding hydrogens is 504 g/mol. The van der Waals surface area contributed by atoms with Gasteiger partial charge in [-0.1, -0.05) is 32.0 Å². The summed E-state index contributed by atoms with van der Waals surface area (Å²) in [6.45, 7) is 8.01. The molecule has 2 aliphatic heterocycles. The van der Waals surface area contributed by atoms with Gasteiger partial charge in [0.1, 0.15) is 6.33 Å². The van der Waals surface area contributed by atoms with Crippen molar-refractivity contribution in [3.05, 3.63) is 22.9 Å². The second-order valence-electron chi connectivity index (χ2n) is 9.04. The highest BCUT2D eigenvalue weighted by molar-refractivity contribution is 9.10. The Morgan fingerprint density at radius 3 is 2.85 bits per heavy atom. The lowest BCUT2D eigenvalue weighted by Gasteiger charge is -2.37. The first-order valence-electron chi connectivity index (χ1n) is 11.5. The molecule has 1 fully saturated rings. The summed E-state index contributed by atoms with van der Waals surface area (Å²) >= 11 is 5.24. The Bertz CT molecular complexity index is 1150. The van der Waals surface area contributed by atoms with E-state index in [0.717, 1.165) is 51.2 Å². The molecule has 1 unspecified atom stereocenters. The summed E-state index contributed by atoms with van der Waals surface area (Å²) in [6.07, 6.45) is 6.40. The van der Waals surface area contributed by atoms with Gasteiger partial charge in [0.05, 0.1) is 0 Å². The molecule has 0 radical (unpaired) electrons. The van der Waals surface area contributed by atoms with Gasteiger partial charge in [-0.3, -0.25) is 0 Å². The van der Waals surface area contributed by atoms with E-state index in [1.807, 2.05) is 12.1 Å². The van der Waals surface area contributed by atoms with Crippen molar-refractivity contribution >= 4 is 44.7 Å². The van der Waals surface area contributed by atoms with E-state index in [0.29, 0.717) is 23.3 Å². The van der Waals surface area contributed by atoms with E-state index in [-0.39, 0.29) is 6.79 Å². The number of fused-ring (bicyclic) bond motifs is 2. The summed E-state index contributed by atoms with van der Waals surface area (Å²) in [4.78, 5) is 17.2. The molecule has 5 rings (SSSR count). The molecule has 0 aliphatic carbocycles. The number of aromatic nitrogens is 4. The topological polar surface area (TPSA) is 91.3 Å². The average Bonchev–Trinajstić information content (AvgIpc) is 3.38. The van der Waals surface area contributed by atoms with Gasteiger partial charge >= 0.3 is 0 Å². The van der Waals surface area contributed by atoms with Gasteiger partial charge in [0.2, 0.25) is 6.79 Å². The lowest BCUT2D eigenvalue weighted by Crippen LogP contribution is -2.42. The number of nitrogens with two attached hydrogens (primary N) is 1. The van der Waals surface area contributed by atoms with Crippen LogP contribution in [0.1, 0.15) is 39.5 Å². The Balaban J connectivity index is 1.44. The van der Waals surface area contributed by atoms with Gasteiger partial charge in [-0.2, -0.15) is 0 Å². The molecule has 1 atom stereocenters. The van der Waals surface area contributed by atoms with Gasteiger partial charge in [-0.25, -0.2) is 15.0 Å². The van der Waals surface area contributed by atoms with E-state index < -0.39 is 0 Å². The van der Waals surface area contributed by atoms with E-state index in [1.54, 1.807) is 11.8 Å². The predicted molar refractivity (Wildman–Crippen MR) is 133 cm³/mol. The maximum absolute atomic E-state index is 6.16. The standard InChI is InChI=1S/C23H29BrN6O2S/c1-14(2)11-29-7-4-3-5-15(29)6-8-30-22-20(21(25)26-12-27-22)28-23(30)33-19-10-18-17(9-16(19)24)31-13-32-18/h9-10,12,14-15H,3-8,11,13H2,1-2H3,(H2,25,26,27). The maximum atomic E-state index is 6.16. The van der Waals surface area contributed by atoms with Crippen LogP contribution in [-0.2, 0) is 6.54 Å². The van der Waals surface area contributed by atoms with E-state index >= 15 is 0 Å². The lowest BCUT2D eigenvalue weighted by atomic mass is 9.98. The first-order chi connectivity index (χ1) is 16.0. The molecule has 2 N–H and O–H groups in total. The highest BCUT2D eigenvalue weighted by Gasteiger charge is 2.25. The Kier molecular flexibility index (Phi) is 6.67. The Morgan fingerprint density at radius 1 is 1.21 bits per heavy atom. The zero-order valence-corrected chi connectivity index (χ0v) is 21.4. The van der Waals surface area contributed by atoms with Crippen LogP contribution in [0.4, 0.5) is 5.82 Å². The predicted octanol–water partition coefficient (Wildman–Crippen LogP) is 4.95. The number of imidazole rings is 1. The molecule has 4 heterocycles. The zero-order valence-electron chi connectivity index (χ0n) is 19.0. The number of hydrogen-bond acceptors (Lipinski definition) is 8. The van der Waals surface area contributed by atoms with Crippen molar-refractivity contribution in [1.82, 2.24) is 24.4 Å². The molecule has 10 heteroatoms. The zero-order chi connectivity index (χ0) is 22.9. The minimum Gasteiger partial charge on any atom is -0.454 e. The second-order valence-corrected chi connectivity index (χ2v) is 10.9. The summed E-state index contributed by atoms with van der Waals surface area (Å²) < 4.78 is 14.2. The normalized spacial score (nSPS) is 18.5. The van der Waals surface area contributed by atoms with Crippen molar-refractivity contribution in [2.75, 3.05) is 25.6 Å². The van der Waals surface area contributed by atoms with E-state index in [2.05, 4.69) is 49.2 Å². The number of halogens is 1. The molecule has 1 saturated heterocycles. The first-order valence-corrected chi connectivity index (χ1v) is 13.1. The average molecular weight is 533 g/mol. The highest BCUT2D eigenvalue weighted by atomic mass is 79.9. The summed E-state index contributed by atoms with van der Waals surface area (Å²) in [6, 6.07) is 4.51. The first kappa shape index (κ1) is 22.7. The summed E-state index contributed by atoms with van der Waals surface area (Å²) in [5.41, 5.74) is 7.60. The minimum atomic E-state index is 0.245. The number of nitrogen functional groups attached to an aromatic ring is 1. The molecular formula is C23H29BrN6O2S. The fourth-order valence-corrected chi connectivity index (χ4v) is 6.17. The number of likely N-dealkylation sites (tertiary alicyclic amines) is 1. The molecule has 0 amide bonds. The Morgan fingerprint density at radius 2 is 2.03 bits per heavy atom. The smallest absolute Gasteiger partial charge is 0.231 e. The number of piperidine rings is 1.